The number of nitrogens with one attached hydrogen (secondary N) is 1. The van der Waals surface area contributed by atoms with Gasteiger partial charge in [0.15, 0.2) is 17.5 Å². The van der Waals surface area contributed by atoms with E-state index in [1.165, 1.54) is 0 Å². The molecule has 0 bridgehead atoms. The molecule has 0 fully saturated rings. The van der Waals surface area contributed by atoms with E-state index in [1.807, 2.05) is 6.92 Å². The summed E-state index contributed by atoms with van der Waals surface area (Å²) in [6, 6.07) is 7.26. The number of ether oxygens (including phenoxy) is 1. The lowest BCUT2D eigenvalue weighted by atomic mass is 10.2. The molecule has 0 aliphatic rings. The van der Waals surface area contributed by atoms with E-state index in [0.29, 0.717) is 17.9 Å². The predicted octanol–water partition coefficient (Wildman–Crippen LogP) is 3.47. The Bertz CT molecular complexity index is 621. The minimum atomic E-state index is -0.885. The Kier molecular flexibility index (Phi) is 5.05. The van der Waals surface area contributed by atoms with Crippen molar-refractivity contribution in [2.45, 2.75) is 20.0 Å². The average Bonchev–Trinajstić information content (AvgIpc) is 2.49. The molecule has 0 spiro atoms. The van der Waals surface area contributed by atoms with Gasteiger partial charge in [0.2, 0.25) is 0 Å². The number of anilines is 1. The molecular weight excluding hydrogens is 278 g/mol. The van der Waals surface area contributed by atoms with Gasteiger partial charge in [0, 0.05) is 12.6 Å². The summed E-state index contributed by atoms with van der Waals surface area (Å²) in [5.41, 5.74) is 0.624. The highest BCUT2D eigenvalue weighted by atomic mass is 19.1. The van der Waals surface area contributed by atoms with Crippen LogP contribution in [0.3, 0.4) is 0 Å². The maximum absolute atomic E-state index is 13.7. The third-order valence-corrected chi connectivity index (χ3v) is 2.74. The van der Waals surface area contributed by atoms with Crippen LogP contribution in [0, 0.1) is 11.6 Å². The van der Waals surface area contributed by atoms with Gasteiger partial charge < -0.3 is 15.2 Å². The van der Waals surface area contributed by atoms with Crippen molar-refractivity contribution in [2.75, 3.05) is 11.9 Å². The number of aromatic nitrogens is 1. The first-order valence-corrected chi connectivity index (χ1v) is 6.61. The van der Waals surface area contributed by atoms with Crippen molar-refractivity contribution >= 4 is 5.82 Å². The molecule has 112 valence electrons. The summed E-state index contributed by atoms with van der Waals surface area (Å²) in [5.74, 6) is -1.70. The molecule has 0 aliphatic heterocycles. The molecule has 2 N–H and O–H groups in total. The van der Waals surface area contributed by atoms with E-state index in [-0.39, 0.29) is 18.3 Å². The molecule has 0 unspecified atom stereocenters. The average molecular weight is 294 g/mol. The van der Waals surface area contributed by atoms with Crippen molar-refractivity contribution in [3.8, 4) is 11.6 Å². The molecule has 0 saturated carbocycles. The van der Waals surface area contributed by atoms with Gasteiger partial charge in [0.05, 0.1) is 6.61 Å². The van der Waals surface area contributed by atoms with Crippen molar-refractivity contribution in [3.05, 3.63) is 47.5 Å². The fraction of sp³-hybridized carbons (Fsp3) is 0.267. The van der Waals surface area contributed by atoms with Gasteiger partial charge >= 0.3 is 0 Å². The first kappa shape index (κ1) is 15.2. The summed E-state index contributed by atoms with van der Waals surface area (Å²) in [6.45, 7) is 2.29. The molecule has 0 amide bonds. The van der Waals surface area contributed by atoms with Crippen LogP contribution in [-0.4, -0.2) is 16.6 Å². The number of rotatable bonds is 6. The number of halogens is 2. The normalized spacial score (nSPS) is 10.5. The van der Waals surface area contributed by atoms with Crippen molar-refractivity contribution < 1.29 is 18.6 Å². The fourth-order valence-electron chi connectivity index (χ4n) is 1.71. The Morgan fingerprint density at radius 1 is 1.24 bits per heavy atom. The van der Waals surface area contributed by atoms with Crippen molar-refractivity contribution in [2.24, 2.45) is 0 Å². The number of aliphatic hydroxyl groups excluding tert-OH is 1. The number of aliphatic hydroxyl groups is 1. The molecule has 1 aromatic heterocycles. The number of hydrogen-bond acceptors (Lipinski definition) is 4. The summed E-state index contributed by atoms with van der Waals surface area (Å²) >= 11 is 0. The van der Waals surface area contributed by atoms with E-state index >= 15 is 0 Å². The minimum absolute atomic E-state index is 0.0495. The Balaban J connectivity index is 2.25. The number of benzene rings is 1. The van der Waals surface area contributed by atoms with Crippen LogP contribution in [0.5, 0.6) is 11.6 Å². The smallest absolute Gasteiger partial charge is 0.258 e. The van der Waals surface area contributed by atoms with Crippen LogP contribution in [0.25, 0.3) is 0 Å². The highest BCUT2D eigenvalue weighted by Gasteiger charge is 2.13. The maximum Gasteiger partial charge on any atom is 0.258 e. The number of nitrogens with zero attached hydrogens (tertiary/aromatic N) is 1. The first-order chi connectivity index (χ1) is 10.1. The fourth-order valence-corrected chi connectivity index (χ4v) is 1.71. The van der Waals surface area contributed by atoms with Crippen LogP contribution in [0.15, 0.2) is 30.3 Å². The van der Waals surface area contributed by atoms with Crippen LogP contribution in [0.2, 0.25) is 0 Å². The van der Waals surface area contributed by atoms with Crippen LogP contribution in [-0.2, 0) is 6.61 Å². The van der Waals surface area contributed by atoms with Crippen LogP contribution in [0.1, 0.15) is 18.9 Å². The second kappa shape index (κ2) is 6.99. The van der Waals surface area contributed by atoms with Gasteiger partial charge in [-0.15, -0.1) is 0 Å². The molecule has 21 heavy (non-hydrogen) atoms. The summed E-state index contributed by atoms with van der Waals surface area (Å²) in [7, 11) is 0. The van der Waals surface area contributed by atoms with Crippen molar-refractivity contribution in [3.63, 3.8) is 0 Å². The van der Waals surface area contributed by atoms with E-state index < -0.39 is 11.6 Å². The highest BCUT2D eigenvalue weighted by molar-refractivity contribution is 5.41. The second-order valence-corrected chi connectivity index (χ2v) is 4.44. The van der Waals surface area contributed by atoms with E-state index in [9.17, 15) is 8.78 Å². The minimum Gasteiger partial charge on any atom is -0.436 e. The predicted molar refractivity (Wildman–Crippen MR) is 75.4 cm³/mol. The van der Waals surface area contributed by atoms with Crippen molar-refractivity contribution in [1.82, 2.24) is 4.98 Å². The van der Waals surface area contributed by atoms with Gasteiger partial charge in [0.25, 0.3) is 5.88 Å². The topological polar surface area (TPSA) is 54.4 Å². The van der Waals surface area contributed by atoms with Gasteiger partial charge in [-0.1, -0.05) is 19.1 Å². The van der Waals surface area contributed by atoms with Gasteiger partial charge in [-0.3, -0.25) is 0 Å². The Morgan fingerprint density at radius 2 is 2.05 bits per heavy atom. The summed E-state index contributed by atoms with van der Waals surface area (Å²) < 4.78 is 32.6. The third kappa shape index (κ3) is 3.88. The first-order valence-electron chi connectivity index (χ1n) is 6.61. The molecule has 4 nitrogen and oxygen atoms in total. The van der Waals surface area contributed by atoms with E-state index in [0.717, 1.165) is 12.5 Å². The van der Waals surface area contributed by atoms with Crippen LogP contribution >= 0.6 is 0 Å². The zero-order valence-electron chi connectivity index (χ0n) is 11.6. The van der Waals surface area contributed by atoms with Gasteiger partial charge in [-0.05, 0) is 24.1 Å². The molecule has 0 atom stereocenters. The monoisotopic (exact) mass is 294 g/mol. The lowest BCUT2D eigenvalue weighted by Crippen LogP contribution is -2.06. The van der Waals surface area contributed by atoms with E-state index in [1.54, 1.807) is 24.3 Å². The summed E-state index contributed by atoms with van der Waals surface area (Å²) in [5, 5.41) is 11.8. The molecule has 0 radical (unpaired) electrons. The largest absolute Gasteiger partial charge is 0.436 e. The van der Waals surface area contributed by atoms with Crippen LogP contribution < -0.4 is 10.1 Å². The van der Waals surface area contributed by atoms with Gasteiger partial charge in [-0.25, -0.2) is 8.78 Å². The van der Waals surface area contributed by atoms with Crippen LogP contribution in [0.4, 0.5) is 14.6 Å². The standard InChI is InChI=1S/C15H16F2N2O2/c1-2-6-18-14-12(16)8-13(17)15(19-14)21-11-5-3-4-10(7-11)9-20/h3-5,7-8,20H,2,6,9H2,1H3,(H,18,19). The molecule has 0 saturated heterocycles. The quantitative estimate of drug-likeness (QED) is 0.856. The van der Waals surface area contributed by atoms with Gasteiger partial charge in [-0.2, -0.15) is 4.98 Å². The van der Waals surface area contributed by atoms with Gasteiger partial charge in [0.1, 0.15) is 5.75 Å². The third-order valence-electron chi connectivity index (χ3n) is 2.74. The zero-order valence-corrected chi connectivity index (χ0v) is 11.6. The Hall–Kier alpha value is -2.21. The van der Waals surface area contributed by atoms with Crippen molar-refractivity contribution in [1.29, 1.82) is 0 Å². The summed E-state index contributed by atoms with van der Waals surface area (Å²) in [6.07, 6.45) is 0.785. The molecule has 1 aromatic carbocycles. The number of pyridine rings is 1. The number of hydrogen-bond donors (Lipinski definition) is 2. The molecular formula is C15H16F2N2O2. The lowest BCUT2D eigenvalue weighted by Gasteiger charge is -2.10. The molecule has 0 aliphatic carbocycles. The maximum atomic E-state index is 13.7. The lowest BCUT2D eigenvalue weighted by molar-refractivity contribution is 0.281. The SMILES string of the molecule is CCCNc1nc(Oc2cccc(CO)c2)c(F)cc1F. The molecule has 2 aromatic rings. The zero-order chi connectivity index (χ0) is 15.2. The van der Waals surface area contributed by atoms with E-state index in [4.69, 9.17) is 9.84 Å². The summed E-state index contributed by atoms with van der Waals surface area (Å²) in [4.78, 5) is 3.81. The highest BCUT2D eigenvalue weighted by Crippen LogP contribution is 2.26. The molecule has 2 rings (SSSR count). The Morgan fingerprint density at radius 3 is 2.76 bits per heavy atom. The molecule has 1 heterocycles. The second-order valence-electron chi connectivity index (χ2n) is 4.44. The van der Waals surface area contributed by atoms with E-state index in [2.05, 4.69) is 10.3 Å². The Labute approximate surface area is 121 Å². The molecule has 6 heteroatoms.